The van der Waals surface area contributed by atoms with Gasteiger partial charge in [-0.15, -0.1) is 17.0 Å². The van der Waals surface area contributed by atoms with Crippen molar-refractivity contribution in [3.05, 3.63) is 71.8 Å². The number of halogens is 1. The summed E-state index contributed by atoms with van der Waals surface area (Å²) in [5, 5.41) is 12.4. The first kappa shape index (κ1) is 17.9. The number of nitrogens with two attached hydrogens (primary N) is 1. The molecule has 0 fully saturated rings. The van der Waals surface area contributed by atoms with Gasteiger partial charge in [-0.3, -0.25) is 4.79 Å². The highest BCUT2D eigenvalue weighted by atomic mass is 79.9. The Morgan fingerprint density at radius 2 is 1.36 bits per heavy atom. The molecule has 2 rings (SSSR count). The van der Waals surface area contributed by atoms with Crippen LogP contribution < -0.4 is 11.1 Å². The first-order chi connectivity index (χ1) is 10.1. The molecule has 0 atom stereocenters. The molecule has 0 saturated carbocycles. The second-order valence-corrected chi connectivity index (χ2v) is 4.54. The van der Waals surface area contributed by atoms with Crippen LogP contribution in [-0.2, 0) is 15.1 Å². The highest BCUT2D eigenvalue weighted by Crippen LogP contribution is 2.30. The summed E-state index contributed by atoms with van der Waals surface area (Å²) >= 11 is 0. The maximum Gasteiger partial charge on any atom is 0.338 e. The average molecular weight is 365 g/mol. The van der Waals surface area contributed by atoms with E-state index in [0.29, 0.717) is 11.1 Å². The normalized spacial score (nSPS) is 10.4. The molecular weight excluding hydrogens is 348 g/mol. The summed E-state index contributed by atoms with van der Waals surface area (Å²) in [7, 11) is 0. The lowest BCUT2D eigenvalue weighted by atomic mass is 9.82. The van der Waals surface area contributed by atoms with Gasteiger partial charge in [-0.05, 0) is 11.1 Å². The van der Waals surface area contributed by atoms with Crippen molar-refractivity contribution in [3.8, 4) is 0 Å². The molecule has 0 aromatic heterocycles. The maximum atomic E-state index is 12.0. The molecular formula is C16H17BrN2O3. The average Bonchev–Trinajstić information content (AvgIpc) is 2.53. The quantitative estimate of drug-likeness (QED) is 0.752. The molecule has 2 aromatic rings. The third-order valence-electron chi connectivity index (χ3n) is 3.25. The van der Waals surface area contributed by atoms with E-state index < -0.39 is 17.4 Å². The summed E-state index contributed by atoms with van der Waals surface area (Å²) in [5.74, 6) is -1.70. The molecule has 2 aromatic carbocycles. The van der Waals surface area contributed by atoms with Gasteiger partial charge in [0.05, 0.1) is 6.54 Å². The van der Waals surface area contributed by atoms with Crippen molar-refractivity contribution in [2.45, 2.75) is 5.54 Å². The van der Waals surface area contributed by atoms with E-state index in [0.717, 1.165) is 0 Å². The lowest BCUT2D eigenvalue weighted by Gasteiger charge is -2.31. The highest BCUT2D eigenvalue weighted by Gasteiger charge is 2.43. The van der Waals surface area contributed by atoms with Crippen molar-refractivity contribution >= 4 is 28.9 Å². The Morgan fingerprint density at radius 1 is 0.955 bits per heavy atom. The zero-order valence-electron chi connectivity index (χ0n) is 11.7. The summed E-state index contributed by atoms with van der Waals surface area (Å²) in [4.78, 5) is 23.8. The first-order valence-electron chi connectivity index (χ1n) is 6.47. The van der Waals surface area contributed by atoms with Crippen LogP contribution in [0.1, 0.15) is 11.1 Å². The number of nitrogens with one attached hydrogen (secondary N) is 1. The summed E-state index contributed by atoms with van der Waals surface area (Å²) in [5.41, 5.74) is 4.60. The van der Waals surface area contributed by atoms with Crippen molar-refractivity contribution < 1.29 is 14.7 Å². The molecule has 116 valence electrons. The molecule has 0 unspecified atom stereocenters. The topological polar surface area (TPSA) is 92.4 Å². The smallest absolute Gasteiger partial charge is 0.338 e. The van der Waals surface area contributed by atoms with E-state index in [1.807, 2.05) is 0 Å². The zero-order chi connectivity index (χ0) is 15.3. The van der Waals surface area contributed by atoms with Crippen molar-refractivity contribution in [1.82, 2.24) is 5.32 Å². The second kappa shape index (κ2) is 7.72. The molecule has 0 spiro atoms. The van der Waals surface area contributed by atoms with Gasteiger partial charge in [0.2, 0.25) is 5.91 Å². The second-order valence-electron chi connectivity index (χ2n) is 4.54. The van der Waals surface area contributed by atoms with Crippen LogP contribution in [0.5, 0.6) is 0 Å². The maximum absolute atomic E-state index is 12.0. The molecule has 1 amide bonds. The van der Waals surface area contributed by atoms with Crippen LogP contribution in [0.2, 0.25) is 0 Å². The lowest BCUT2D eigenvalue weighted by Crippen LogP contribution is -2.54. The molecule has 0 aliphatic rings. The third kappa shape index (κ3) is 3.35. The third-order valence-corrected chi connectivity index (χ3v) is 3.25. The Hall–Kier alpha value is -2.18. The molecule has 6 heteroatoms. The van der Waals surface area contributed by atoms with Gasteiger partial charge in [0.1, 0.15) is 0 Å². The Morgan fingerprint density at radius 3 is 1.68 bits per heavy atom. The molecule has 0 saturated heterocycles. The van der Waals surface area contributed by atoms with Crippen molar-refractivity contribution in [2.24, 2.45) is 5.73 Å². The number of rotatable bonds is 5. The van der Waals surface area contributed by atoms with Gasteiger partial charge in [-0.2, -0.15) is 0 Å². The first-order valence-corrected chi connectivity index (χ1v) is 6.47. The Kier molecular flexibility index (Phi) is 6.27. The van der Waals surface area contributed by atoms with Crippen LogP contribution in [0.25, 0.3) is 0 Å². The van der Waals surface area contributed by atoms with E-state index in [-0.39, 0.29) is 23.5 Å². The minimum atomic E-state index is -1.65. The number of amides is 1. The number of hydrogen-bond donors (Lipinski definition) is 3. The van der Waals surface area contributed by atoms with E-state index in [2.05, 4.69) is 5.32 Å². The SMILES string of the molecule is Br.NCC(=O)NC(C(=O)O)(c1ccccc1)c1ccccc1. The van der Waals surface area contributed by atoms with E-state index in [1.165, 1.54) is 0 Å². The van der Waals surface area contributed by atoms with E-state index in [9.17, 15) is 14.7 Å². The van der Waals surface area contributed by atoms with Crippen molar-refractivity contribution in [2.75, 3.05) is 6.54 Å². The van der Waals surface area contributed by atoms with Gasteiger partial charge in [0.15, 0.2) is 5.54 Å². The number of carbonyl (C=O) groups is 2. The fourth-order valence-corrected chi connectivity index (χ4v) is 2.25. The van der Waals surface area contributed by atoms with E-state index >= 15 is 0 Å². The van der Waals surface area contributed by atoms with Crippen LogP contribution >= 0.6 is 17.0 Å². The monoisotopic (exact) mass is 364 g/mol. The Balaban J connectivity index is 0.00000242. The molecule has 22 heavy (non-hydrogen) atoms. The van der Waals surface area contributed by atoms with Gasteiger partial charge < -0.3 is 16.2 Å². The minimum absolute atomic E-state index is 0. The summed E-state index contributed by atoms with van der Waals surface area (Å²) in [6, 6.07) is 17.1. The molecule has 0 aliphatic carbocycles. The van der Waals surface area contributed by atoms with E-state index in [1.54, 1.807) is 60.7 Å². The highest BCUT2D eigenvalue weighted by molar-refractivity contribution is 8.93. The lowest BCUT2D eigenvalue weighted by molar-refractivity contribution is -0.146. The van der Waals surface area contributed by atoms with Crippen LogP contribution in [0, 0.1) is 0 Å². The molecule has 0 aliphatic heterocycles. The molecule has 0 bridgehead atoms. The summed E-state index contributed by atoms with van der Waals surface area (Å²) in [6.07, 6.45) is 0. The fourth-order valence-electron chi connectivity index (χ4n) is 2.25. The summed E-state index contributed by atoms with van der Waals surface area (Å²) < 4.78 is 0. The number of carboxylic acid groups (broad SMARTS) is 1. The van der Waals surface area contributed by atoms with E-state index in [4.69, 9.17) is 5.73 Å². The molecule has 5 nitrogen and oxygen atoms in total. The summed E-state index contributed by atoms with van der Waals surface area (Å²) in [6.45, 7) is -0.283. The van der Waals surface area contributed by atoms with Crippen LogP contribution in [0.15, 0.2) is 60.7 Å². The standard InChI is InChI=1S/C16H16N2O3.BrH/c17-11-14(19)18-16(15(20)21,12-7-3-1-4-8-12)13-9-5-2-6-10-13;/h1-10H,11,17H2,(H,18,19)(H,20,21);1H. The van der Waals surface area contributed by atoms with Gasteiger partial charge in [-0.25, -0.2) is 4.79 Å². The van der Waals surface area contributed by atoms with Crippen LogP contribution in [0.3, 0.4) is 0 Å². The number of aliphatic carboxylic acids is 1. The van der Waals surface area contributed by atoms with Crippen LogP contribution in [0.4, 0.5) is 0 Å². The minimum Gasteiger partial charge on any atom is -0.479 e. The predicted octanol–water partition coefficient (Wildman–Crippen LogP) is 1.67. The number of benzene rings is 2. The molecule has 0 heterocycles. The van der Waals surface area contributed by atoms with Crippen molar-refractivity contribution in [3.63, 3.8) is 0 Å². The predicted molar refractivity (Wildman–Crippen MR) is 88.8 cm³/mol. The molecule has 4 N–H and O–H groups in total. The number of hydrogen-bond acceptors (Lipinski definition) is 3. The van der Waals surface area contributed by atoms with Gasteiger partial charge >= 0.3 is 5.97 Å². The van der Waals surface area contributed by atoms with Gasteiger partial charge in [0.25, 0.3) is 0 Å². The Bertz CT molecular complexity index is 593. The zero-order valence-corrected chi connectivity index (χ0v) is 13.4. The van der Waals surface area contributed by atoms with Gasteiger partial charge in [-0.1, -0.05) is 60.7 Å². The largest absolute Gasteiger partial charge is 0.479 e. The van der Waals surface area contributed by atoms with Crippen LogP contribution in [-0.4, -0.2) is 23.5 Å². The number of carboxylic acids is 1. The number of carbonyl (C=O) groups excluding carboxylic acids is 1. The Labute approximate surface area is 138 Å². The van der Waals surface area contributed by atoms with Crippen molar-refractivity contribution in [1.29, 1.82) is 0 Å². The fraction of sp³-hybridized carbons (Fsp3) is 0.125. The molecule has 0 radical (unpaired) electrons. The van der Waals surface area contributed by atoms with Gasteiger partial charge in [0, 0.05) is 0 Å².